The van der Waals surface area contributed by atoms with Gasteiger partial charge in [-0.1, -0.05) is 0 Å². The highest BCUT2D eigenvalue weighted by Gasteiger charge is 2.31. The van der Waals surface area contributed by atoms with Crippen molar-refractivity contribution >= 4 is 5.91 Å². The van der Waals surface area contributed by atoms with Crippen LogP contribution in [0, 0.1) is 0 Å². The van der Waals surface area contributed by atoms with E-state index < -0.39 is 0 Å². The van der Waals surface area contributed by atoms with Gasteiger partial charge in [0.05, 0.1) is 13.0 Å². The van der Waals surface area contributed by atoms with Crippen molar-refractivity contribution in [1.82, 2.24) is 24.9 Å². The summed E-state index contributed by atoms with van der Waals surface area (Å²) in [6.45, 7) is 1.37. The van der Waals surface area contributed by atoms with E-state index in [4.69, 9.17) is 18.6 Å². The number of rotatable bonds is 4. The van der Waals surface area contributed by atoms with Gasteiger partial charge in [-0.3, -0.25) is 9.48 Å². The summed E-state index contributed by atoms with van der Waals surface area (Å²) >= 11 is 0. The number of amides is 1. The van der Waals surface area contributed by atoms with E-state index in [0.29, 0.717) is 47.8 Å². The largest absolute Gasteiger partial charge is 0.479 e. The fraction of sp³-hybridized carbons (Fsp3) is 0.400. The van der Waals surface area contributed by atoms with Crippen LogP contribution in [0.1, 0.15) is 35.0 Å². The number of fused-ring (bicyclic) bond motifs is 1. The lowest BCUT2D eigenvalue weighted by Gasteiger charge is -2.30. The van der Waals surface area contributed by atoms with Gasteiger partial charge in [-0.25, -0.2) is 0 Å². The van der Waals surface area contributed by atoms with Gasteiger partial charge in [-0.15, -0.1) is 15.3 Å². The molecule has 10 heteroatoms. The molecule has 156 valence electrons. The summed E-state index contributed by atoms with van der Waals surface area (Å²) in [6.07, 6.45) is 3.40. The quantitative estimate of drug-likeness (QED) is 0.644. The number of carbonyl (C=O) groups excluding carboxylic acids is 1. The van der Waals surface area contributed by atoms with Gasteiger partial charge in [0.2, 0.25) is 24.5 Å². The fourth-order valence-electron chi connectivity index (χ4n) is 3.84. The van der Waals surface area contributed by atoms with E-state index in [0.717, 1.165) is 18.4 Å². The number of methoxy groups -OCH3 is 1. The Labute approximate surface area is 172 Å². The van der Waals surface area contributed by atoms with Gasteiger partial charge in [0.15, 0.2) is 11.5 Å². The molecule has 30 heavy (non-hydrogen) atoms. The predicted octanol–water partition coefficient (Wildman–Crippen LogP) is 2.23. The van der Waals surface area contributed by atoms with E-state index in [1.807, 2.05) is 18.2 Å². The number of benzene rings is 1. The van der Waals surface area contributed by atoms with Crippen molar-refractivity contribution in [2.45, 2.75) is 18.8 Å². The standard InChI is InChI=1S/C20H21N5O5/c1-24-10-14(19(23-24)27-2)20(26)25-7-3-4-13(9-25)18-22-21-17(30-18)12-5-6-15-16(8-12)29-11-28-15/h5-6,8,10,13H,3-4,7,9,11H2,1-2H3. The molecule has 1 atom stereocenters. The van der Waals surface area contributed by atoms with Crippen LogP contribution in [-0.4, -0.2) is 57.8 Å². The average Bonchev–Trinajstić information content (AvgIpc) is 3.51. The first-order chi connectivity index (χ1) is 14.6. The van der Waals surface area contributed by atoms with Gasteiger partial charge < -0.3 is 23.5 Å². The first kappa shape index (κ1) is 18.5. The molecule has 10 nitrogen and oxygen atoms in total. The van der Waals surface area contributed by atoms with Gasteiger partial charge in [0, 0.05) is 31.9 Å². The third-order valence-electron chi connectivity index (χ3n) is 5.34. The monoisotopic (exact) mass is 411 g/mol. The SMILES string of the molecule is COc1nn(C)cc1C(=O)N1CCCC(c2nnc(-c3ccc4c(c3)OCO4)o2)C1. The van der Waals surface area contributed by atoms with Crippen LogP contribution in [0.2, 0.25) is 0 Å². The van der Waals surface area contributed by atoms with E-state index in [2.05, 4.69) is 15.3 Å². The molecule has 0 bridgehead atoms. The summed E-state index contributed by atoms with van der Waals surface area (Å²) in [5.74, 6) is 2.49. The van der Waals surface area contributed by atoms with Gasteiger partial charge in [-0.05, 0) is 31.0 Å². The van der Waals surface area contributed by atoms with Crippen LogP contribution in [0.15, 0.2) is 28.8 Å². The van der Waals surface area contributed by atoms with Gasteiger partial charge in [-0.2, -0.15) is 0 Å². The van der Waals surface area contributed by atoms with Crippen molar-refractivity contribution in [2.75, 3.05) is 27.0 Å². The molecule has 2 aromatic heterocycles. The van der Waals surface area contributed by atoms with Crippen molar-refractivity contribution in [2.24, 2.45) is 7.05 Å². The summed E-state index contributed by atoms with van der Waals surface area (Å²) in [6, 6.07) is 5.50. The first-order valence-corrected chi connectivity index (χ1v) is 9.72. The lowest BCUT2D eigenvalue weighted by atomic mass is 9.97. The Morgan fingerprint density at radius 2 is 2.10 bits per heavy atom. The summed E-state index contributed by atoms with van der Waals surface area (Å²) in [5, 5.41) is 12.6. The molecule has 0 aliphatic carbocycles. The Hall–Kier alpha value is -3.56. The second-order valence-electron chi connectivity index (χ2n) is 7.33. The maximum Gasteiger partial charge on any atom is 0.260 e. The molecule has 2 aliphatic rings. The predicted molar refractivity (Wildman–Crippen MR) is 103 cm³/mol. The Kier molecular flexibility index (Phi) is 4.53. The molecule has 0 saturated carbocycles. The smallest absolute Gasteiger partial charge is 0.260 e. The van der Waals surface area contributed by atoms with Crippen molar-refractivity contribution < 1.29 is 23.4 Å². The van der Waals surface area contributed by atoms with Crippen molar-refractivity contribution in [3.05, 3.63) is 35.9 Å². The minimum atomic E-state index is -0.111. The van der Waals surface area contributed by atoms with E-state index >= 15 is 0 Å². The zero-order valence-electron chi connectivity index (χ0n) is 16.7. The van der Waals surface area contributed by atoms with Crippen LogP contribution < -0.4 is 14.2 Å². The maximum atomic E-state index is 13.0. The number of aromatic nitrogens is 4. The average molecular weight is 411 g/mol. The Morgan fingerprint density at radius 3 is 2.97 bits per heavy atom. The number of piperidine rings is 1. The Bertz CT molecular complexity index is 1090. The number of carbonyl (C=O) groups is 1. The van der Waals surface area contributed by atoms with Crippen LogP contribution in [0.25, 0.3) is 11.5 Å². The molecule has 1 aromatic carbocycles. The summed E-state index contributed by atoms with van der Waals surface area (Å²) < 4.78 is 23.5. The number of hydrogen-bond acceptors (Lipinski definition) is 8. The molecule has 0 spiro atoms. The van der Waals surface area contributed by atoms with Crippen LogP contribution in [-0.2, 0) is 7.05 Å². The molecule has 1 amide bonds. The number of ether oxygens (including phenoxy) is 3. The van der Waals surface area contributed by atoms with Gasteiger partial charge in [0.1, 0.15) is 5.56 Å². The Morgan fingerprint density at radius 1 is 1.23 bits per heavy atom. The third kappa shape index (κ3) is 3.23. The highest BCUT2D eigenvalue weighted by molar-refractivity contribution is 5.96. The molecular weight excluding hydrogens is 390 g/mol. The fourth-order valence-corrected chi connectivity index (χ4v) is 3.84. The summed E-state index contributed by atoms with van der Waals surface area (Å²) in [4.78, 5) is 14.8. The van der Waals surface area contributed by atoms with Crippen LogP contribution >= 0.6 is 0 Å². The lowest BCUT2D eigenvalue weighted by Crippen LogP contribution is -2.39. The maximum absolute atomic E-state index is 13.0. The van der Waals surface area contributed by atoms with Crippen molar-refractivity contribution in [3.63, 3.8) is 0 Å². The lowest BCUT2D eigenvalue weighted by molar-refractivity contribution is 0.0695. The highest BCUT2D eigenvalue weighted by Crippen LogP contribution is 2.36. The number of hydrogen-bond donors (Lipinski definition) is 0. The summed E-state index contributed by atoms with van der Waals surface area (Å²) in [5.41, 5.74) is 1.22. The molecule has 1 fully saturated rings. The number of likely N-dealkylation sites (tertiary alicyclic amines) is 1. The zero-order chi connectivity index (χ0) is 20.7. The summed E-state index contributed by atoms with van der Waals surface area (Å²) in [7, 11) is 3.27. The van der Waals surface area contributed by atoms with Crippen LogP contribution in [0.3, 0.4) is 0 Å². The molecule has 1 saturated heterocycles. The van der Waals surface area contributed by atoms with Crippen molar-refractivity contribution in [3.8, 4) is 28.8 Å². The molecule has 4 heterocycles. The van der Waals surface area contributed by atoms with Crippen LogP contribution in [0.5, 0.6) is 17.4 Å². The minimum Gasteiger partial charge on any atom is -0.479 e. The number of aryl methyl sites for hydroxylation is 1. The van der Waals surface area contributed by atoms with E-state index in [-0.39, 0.29) is 18.6 Å². The molecule has 1 unspecified atom stereocenters. The molecular formula is C20H21N5O5. The van der Waals surface area contributed by atoms with E-state index in [1.165, 1.54) is 7.11 Å². The molecule has 0 N–H and O–H groups in total. The van der Waals surface area contributed by atoms with E-state index in [9.17, 15) is 4.79 Å². The second-order valence-corrected chi connectivity index (χ2v) is 7.33. The molecule has 0 radical (unpaired) electrons. The van der Waals surface area contributed by atoms with Crippen molar-refractivity contribution in [1.29, 1.82) is 0 Å². The normalized spacial score (nSPS) is 17.9. The third-order valence-corrected chi connectivity index (χ3v) is 5.34. The first-order valence-electron chi connectivity index (χ1n) is 9.72. The topological polar surface area (TPSA) is 105 Å². The molecule has 5 rings (SSSR count). The second kappa shape index (κ2) is 7.36. The molecule has 3 aromatic rings. The molecule has 2 aliphatic heterocycles. The van der Waals surface area contributed by atoms with Gasteiger partial charge >= 0.3 is 0 Å². The zero-order valence-corrected chi connectivity index (χ0v) is 16.7. The van der Waals surface area contributed by atoms with Crippen LogP contribution in [0.4, 0.5) is 0 Å². The number of nitrogens with zero attached hydrogens (tertiary/aromatic N) is 5. The van der Waals surface area contributed by atoms with Gasteiger partial charge in [0.25, 0.3) is 5.91 Å². The minimum absolute atomic E-state index is 0.0272. The Balaban J connectivity index is 1.33. The highest BCUT2D eigenvalue weighted by atomic mass is 16.7. The van der Waals surface area contributed by atoms with E-state index in [1.54, 1.807) is 22.8 Å².